The normalized spacial score (nSPS) is 11.0. The Bertz CT molecular complexity index is 1840. The lowest BCUT2D eigenvalue weighted by atomic mass is 9.97. The van der Waals surface area contributed by atoms with E-state index in [1.165, 1.54) is 12.1 Å². The van der Waals surface area contributed by atoms with Gasteiger partial charge in [0.15, 0.2) is 0 Å². The zero-order valence-electron chi connectivity index (χ0n) is 20.9. The van der Waals surface area contributed by atoms with Crippen LogP contribution in [0.25, 0.3) is 44.1 Å². The van der Waals surface area contributed by atoms with Crippen LogP contribution in [0.2, 0.25) is 0 Å². The van der Waals surface area contributed by atoms with Crippen molar-refractivity contribution in [3.05, 3.63) is 143 Å². The van der Waals surface area contributed by atoms with Crippen molar-refractivity contribution in [2.45, 2.75) is 6.54 Å². The van der Waals surface area contributed by atoms with Crippen LogP contribution in [0, 0.1) is 10.1 Å². The predicted molar refractivity (Wildman–Crippen MR) is 154 cm³/mol. The Kier molecular flexibility index (Phi) is 6.27. The van der Waals surface area contributed by atoms with E-state index in [0.717, 1.165) is 43.9 Å². The van der Waals surface area contributed by atoms with E-state index in [1.807, 2.05) is 72.8 Å². The topological polar surface area (TPSA) is 85.1 Å². The van der Waals surface area contributed by atoms with Crippen molar-refractivity contribution in [3.63, 3.8) is 0 Å². The Morgan fingerprint density at radius 2 is 1.49 bits per heavy atom. The van der Waals surface area contributed by atoms with Crippen molar-refractivity contribution < 1.29 is 9.72 Å². The van der Waals surface area contributed by atoms with E-state index in [1.54, 1.807) is 18.2 Å². The lowest BCUT2D eigenvalue weighted by molar-refractivity contribution is -0.384. The standard InChI is InChI=1S/C33H23N3O3/c37-33(34-21-26-11-6-10-22-9-4-5-12-28(22)26)25-15-18-31-30(19-25)29(23-7-2-1-3-8-23)20-32(35-31)24-13-16-27(17-14-24)36(38)39/h1-20H,21H2,(H,34,37). The minimum atomic E-state index is -0.417. The molecule has 0 saturated carbocycles. The molecule has 1 aromatic heterocycles. The second-order valence-electron chi connectivity index (χ2n) is 9.28. The number of pyridine rings is 1. The summed E-state index contributed by atoms with van der Waals surface area (Å²) in [6.07, 6.45) is 0. The highest BCUT2D eigenvalue weighted by Crippen LogP contribution is 2.33. The predicted octanol–water partition coefficient (Wildman–Crippen LogP) is 7.56. The van der Waals surface area contributed by atoms with Crippen molar-refractivity contribution in [3.8, 4) is 22.4 Å². The van der Waals surface area contributed by atoms with Gasteiger partial charge in [-0.2, -0.15) is 0 Å². The molecule has 6 heteroatoms. The van der Waals surface area contributed by atoms with E-state index >= 15 is 0 Å². The molecule has 1 N–H and O–H groups in total. The summed E-state index contributed by atoms with van der Waals surface area (Å²) in [5.41, 5.74) is 5.75. The molecule has 0 atom stereocenters. The molecule has 1 amide bonds. The number of nitrogens with one attached hydrogen (secondary N) is 1. The van der Waals surface area contributed by atoms with E-state index in [9.17, 15) is 14.9 Å². The van der Waals surface area contributed by atoms with Crippen molar-refractivity contribution in [1.82, 2.24) is 10.3 Å². The van der Waals surface area contributed by atoms with Crippen LogP contribution in [-0.2, 0) is 6.54 Å². The molecule has 39 heavy (non-hydrogen) atoms. The number of nitrogens with zero attached hydrogens (tertiary/aromatic N) is 2. The average Bonchev–Trinajstić information content (AvgIpc) is 2.99. The molecule has 0 aliphatic heterocycles. The van der Waals surface area contributed by atoms with Crippen molar-refractivity contribution in [2.75, 3.05) is 0 Å². The first-order valence-corrected chi connectivity index (χ1v) is 12.6. The van der Waals surface area contributed by atoms with E-state index < -0.39 is 4.92 Å². The second kappa shape index (κ2) is 10.2. The van der Waals surface area contributed by atoms with Gasteiger partial charge in [-0.1, -0.05) is 72.8 Å². The quantitative estimate of drug-likeness (QED) is 0.185. The van der Waals surface area contributed by atoms with Gasteiger partial charge in [0.2, 0.25) is 0 Å². The Labute approximate surface area is 224 Å². The third kappa shape index (κ3) is 4.83. The molecule has 0 spiro atoms. The van der Waals surface area contributed by atoms with Crippen LogP contribution in [0.3, 0.4) is 0 Å². The summed E-state index contributed by atoms with van der Waals surface area (Å²) in [6, 6.07) is 38.0. The number of nitro groups is 1. The number of carbonyl (C=O) groups excluding carboxylic acids is 1. The first kappa shape index (κ1) is 24.0. The number of carbonyl (C=O) groups is 1. The van der Waals surface area contributed by atoms with Gasteiger partial charge < -0.3 is 5.32 Å². The second-order valence-corrected chi connectivity index (χ2v) is 9.28. The zero-order chi connectivity index (χ0) is 26.8. The minimum Gasteiger partial charge on any atom is -0.348 e. The SMILES string of the molecule is O=C(NCc1cccc2ccccc12)c1ccc2nc(-c3ccc([N+](=O)[O-])cc3)cc(-c3ccccc3)c2c1. The highest BCUT2D eigenvalue weighted by atomic mass is 16.6. The van der Waals surface area contributed by atoms with Gasteiger partial charge in [-0.15, -0.1) is 0 Å². The highest BCUT2D eigenvalue weighted by molar-refractivity contribution is 6.03. The number of hydrogen-bond acceptors (Lipinski definition) is 4. The van der Waals surface area contributed by atoms with E-state index in [4.69, 9.17) is 4.98 Å². The van der Waals surface area contributed by atoms with E-state index in [2.05, 4.69) is 23.5 Å². The van der Waals surface area contributed by atoms with Gasteiger partial charge >= 0.3 is 0 Å². The Morgan fingerprint density at radius 1 is 0.744 bits per heavy atom. The summed E-state index contributed by atoms with van der Waals surface area (Å²) < 4.78 is 0. The summed E-state index contributed by atoms with van der Waals surface area (Å²) in [7, 11) is 0. The molecule has 0 unspecified atom stereocenters. The lowest BCUT2D eigenvalue weighted by Crippen LogP contribution is -2.22. The number of fused-ring (bicyclic) bond motifs is 2. The molecule has 0 aliphatic rings. The van der Waals surface area contributed by atoms with Gasteiger partial charge in [0.25, 0.3) is 11.6 Å². The molecular formula is C33H23N3O3. The summed E-state index contributed by atoms with van der Waals surface area (Å²) in [5.74, 6) is -0.164. The van der Waals surface area contributed by atoms with E-state index in [0.29, 0.717) is 17.8 Å². The number of benzene rings is 5. The highest BCUT2D eigenvalue weighted by Gasteiger charge is 2.14. The number of aromatic nitrogens is 1. The molecule has 0 aliphatic carbocycles. The number of hydrogen-bond donors (Lipinski definition) is 1. The Hall–Kier alpha value is -5.36. The first-order chi connectivity index (χ1) is 19.1. The first-order valence-electron chi connectivity index (χ1n) is 12.6. The third-order valence-corrected chi connectivity index (χ3v) is 6.85. The monoisotopic (exact) mass is 509 g/mol. The van der Waals surface area contributed by atoms with Crippen molar-refractivity contribution in [1.29, 1.82) is 0 Å². The molecule has 6 rings (SSSR count). The molecule has 6 aromatic rings. The largest absolute Gasteiger partial charge is 0.348 e. The molecule has 188 valence electrons. The van der Waals surface area contributed by atoms with Gasteiger partial charge in [0, 0.05) is 35.2 Å². The van der Waals surface area contributed by atoms with Crippen molar-refractivity contribution >= 4 is 33.3 Å². The lowest BCUT2D eigenvalue weighted by Gasteiger charge is -2.13. The minimum absolute atomic E-state index is 0.0296. The number of nitro benzene ring substituents is 1. The molecular weight excluding hydrogens is 486 g/mol. The average molecular weight is 510 g/mol. The van der Waals surface area contributed by atoms with Gasteiger partial charge in [0.1, 0.15) is 0 Å². The van der Waals surface area contributed by atoms with Gasteiger partial charge in [-0.25, -0.2) is 4.98 Å². The molecule has 0 radical (unpaired) electrons. The van der Waals surface area contributed by atoms with Crippen LogP contribution in [0.4, 0.5) is 5.69 Å². The van der Waals surface area contributed by atoms with Crippen LogP contribution >= 0.6 is 0 Å². The Morgan fingerprint density at radius 3 is 2.28 bits per heavy atom. The van der Waals surface area contributed by atoms with Gasteiger partial charge in [0.05, 0.1) is 16.1 Å². The Balaban J connectivity index is 1.37. The summed E-state index contributed by atoms with van der Waals surface area (Å²) in [4.78, 5) is 28.7. The van der Waals surface area contributed by atoms with Crippen LogP contribution in [-0.4, -0.2) is 15.8 Å². The van der Waals surface area contributed by atoms with Crippen LogP contribution in [0.1, 0.15) is 15.9 Å². The third-order valence-electron chi connectivity index (χ3n) is 6.85. The molecule has 0 fully saturated rings. The number of non-ortho nitro benzene ring substituents is 1. The maximum Gasteiger partial charge on any atom is 0.269 e. The number of rotatable bonds is 6. The van der Waals surface area contributed by atoms with E-state index in [-0.39, 0.29) is 11.6 Å². The molecule has 6 nitrogen and oxygen atoms in total. The summed E-state index contributed by atoms with van der Waals surface area (Å²) >= 11 is 0. The number of amides is 1. The fourth-order valence-corrected chi connectivity index (χ4v) is 4.85. The fraction of sp³-hybridized carbons (Fsp3) is 0.0303. The van der Waals surface area contributed by atoms with Crippen LogP contribution < -0.4 is 5.32 Å². The van der Waals surface area contributed by atoms with Crippen LogP contribution in [0.5, 0.6) is 0 Å². The molecule has 1 heterocycles. The molecule has 5 aromatic carbocycles. The molecule has 0 saturated heterocycles. The zero-order valence-corrected chi connectivity index (χ0v) is 20.9. The van der Waals surface area contributed by atoms with Crippen LogP contribution in [0.15, 0.2) is 121 Å². The summed E-state index contributed by atoms with van der Waals surface area (Å²) in [6.45, 7) is 0.418. The van der Waals surface area contributed by atoms with Crippen molar-refractivity contribution in [2.24, 2.45) is 0 Å². The fourth-order valence-electron chi connectivity index (χ4n) is 4.85. The summed E-state index contributed by atoms with van der Waals surface area (Å²) in [5, 5.41) is 17.3. The van der Waals surface area contributed by atoms with Gasteiger partial charge in [-0.3, -0.25) is 14.9 Å². The smallest absolute Gasteiger partial charge is 0.269 e. The van der Waals surface area contributed by atoms with Gasteiger partial charge in [-0.05, 0) is 63.9 Å². The maximum atomic E-state index is 13.2. The maximum absolute atomic E-state index is 13.2. The molecule has 0 bridgehead atoms.